The number of carbonyl (C=O) groups is 1. The number of aromatic amines is 1. The van der Waals surface area contributed by atoms with Crippen LogP contribution in [0.1, 0.15) is 19.0 Å². The van der Waals surface area contributed by atoms with Crippen LogP contribution in [0, 0.1) is 6.92 Å². The van der Waals surface area contributed by atoms with Crippen molar-refractivity contribution in [3.63, 3.8) is 0 Å². The second-order valence-electron chi connectivity index (χ2n) is 3.85. The lowest BCUT2D eigenvalue weighted by molar-refractivity contribution is -0.138. The van der Waals surface area contributed by atoms with Gasteiger partial charge >= 0.3 is 5.97 Å². The van der Waals surface area contributed by atoms with Crippen molar-refractivity contribution in [2.24, 2.45) is 0 Å². The predicted molar refractivity (Wildman–Crippen MR) is 70.0 cm³/mol. The number of carboxylic acids is 1. The van der Waals surface area contributed by atoms with E-state index in [2.05, 4.69) is 15.3 Å². The Morgan fingerprint density at radius 1 is 1.67 bits per heavy atom. The fourth-order valence-corrected chi connectivity index (χ4v) is 2.28. The Morgan fingerprint density at radius 2 is 2.39 bits per heavy atom. The van der Waals surface area contributed by atoms with E-state index >= 15 is 0 Å². The van der Waals surface area contributed by atoms with Gasteiger partial charge < -0.3 is 15.4 Å². The van der Waals surface area contributed by atoms with Gasteiger partial charge in [-0.1, -0.05) is 18.7 Å². The molecule has 1 heterocycles. The molecule has 0 bridgehead atoms. The number of thioether (sulfide) groups is 1. The smallest absolute Gasteiger partial charge is 0.321 e. The third kappa shape index (κ3) is 4.89. The molecule has 1 atom stereocenters. The molecule has 0 aliphatic carbocycles. The van der Waals surface area contributed by atoms with E-state index in [0.717, 1.165) is 6.42 Å². The molecule has 0 aromatic carbocycles. The van der Waals surface area contributed by atoms with Gasteiger partial charge in [0, 0.05) is 17.5 Å². The first-order valence-electron chi connectivity index (χ1n) is 5.70. The molecule has 0 amide bonds. The molecule has 1 aromatic heterocycles. The van der Waals surface area contributed by atoms with E-state index in [-0.39, 0.29) is 5.56 Å². The Bertz CT molecular complexity index is 461. The van der Waals surface area contributed by atoms with Gasteiger partial charge in [0.05, 0.1) is 0 Å². The van der Waals surface area contributed by atoms with E-state index < -0.39 is 12.0 Å². The lowest BCUT2D eigenvalue weighted by atomic mass is 10.3. The van der Waals surface area contributed by atoms with Gasteiger partial charge in [-0.2, -0.15) is 0 Å². The summed E-state index contributed by atoms with van der Waals surface area (Å²) in [6.45, 7) is 4.34. The molecule has 1 rings (SSSR count). The van der Waals surface area contributed by atoms with Gasteiger partial charge in [0.25, 0.3) is 5.56 Å². The van der Waals surface area contributed by atoms with Crippen LogP contribution in [-0.4, -0.2) is 39.4 Å². The molecular formula is C11H17N3O3S. The highest BCUT2D eigenvalue weighted by molar-refractivity contribution is 7.99. The molecule has 6 nitrogen and oxygen atoms in total. The van der Waals surface area contributed by atoms with Crippen molar-refractivity contribution in [2.75, 3.05) is 12.3 Å². The summed E-state index contributed by atoms with van der Waals surface area (Å²) >= 11 is 1.23. The van der Waals surface area contributed by atoms with Gasteiger partial charge in [-0.25, -0.2) is 4.98 Å². The SMILES string of the molecule is CCCNC(CSc1nc(C)cc(=O)[nH]1)C(=O)O. The van der Waals surface area contributed by atoms with Gasteiger partial charge in [0.1, 0.15) is 6.04 Å². The van der Waals surface area contributed by atoms with E-state index in [4.69, 9.17) is 5.11 Å². The van der Waals surface area contributed by atoms with Crippen molar-refractivity contribution in [3.8, 4) is 0 Å². The first kappa shape index (κ1) is 14.7. The molecule has 0 fully saturated rings. The maximum absolute atomic E-state index is 11.2. The Balaban J connectivity index is 2.60. The van der Waals surface area contributed by atoms with Crippen LogP contribution < -0.4 is 10.9 Å². The molecule has 0 saturated heterocycles. The molecule has 0 spiro atoms. The van der Waals surface area contributed by atoms with Crippen LogP contribution in [0.5, 0.6) is 0 Å². The molecular weight excluding hydrogens is 254 g/mol. The highest BCUT2D eigenvalue weighted by Crippen LogP contribution is 2.12. The van der Waals surface area contributed by atoms with Crippen LogP contribution in [0.25, 0.3) is 0 Å². The van der Waals surface area contributed by atoms with E-state index in [1.54, 1.807) is 6.92 Å². The zero-order valence-electron chi connectivity index (χ0n) is 10.4. The summed E-state index contributed by atoms with van der Waals surface area (Å²) in [7, 11) is 0. The van der Waals surface area contributed by atoms with Crippen LogP contribution in [0.3, 0.4) is 0 Å². The molecule has 18 heavy (non-hydrogen) atoms. The monoisotopic (exact) mass is 271 g/mol. The van der Waals surface area contributed by atoms with E-state index in [9.17, 15) is 9.59 Å². The van der Waals surface area contributed by atoms with Crippen LogP contribution >= 0.6 is 11.8 Å². The number of nitrogens with zero attached hydrogens (tertiary/aromatic N) is 1. The Morgan fingerprint density at radius 3 is 2.94 bits per heavy atom. The number of rotatable bonds is 7. The maximum Gasteiger partial charge on any atom is 0.321 e. The third-order valence-electron chi connectivity index (χ3n) is 2.17. The minimum absolute atomic E-state index is 0.224. The summed E-state index contributed by atoms with van der Waals surface area (Å²) in [6.07, 6.45) is 0.869. The summed E-state index contributed by atoms with van der Waals surface area (Å²) < 4.78 is 0. The number of H-pyrrole nitrogens is 1. The van der Waals surface area contributed by atoms with Crippen molar-refractivity contribution in [2.45, 2.75) is 31.5 Å². The van der Waals surface area contributed by atoms with Crippen molar-refractivity contribution in [1.29, 1.82) is 0 Å². The summed E-state index contributed by atoms with van der Waals surface area (Å²) in [5.41, 5.74) is 0.396. The maximum atomic E-state index is 11.2. The minimum Gasteiger partial charge on any atom is -0.480 e. The van der Waals surface area contributed by atoms with E-state index in [1.165, 1.54) is 17.8 Å². The zero-order chi connectivity index (χ0) is 13.5. The first-order valence-corrected chi connectivity index (χ1v) is 6.68. The number of aryl methyl sites for hydroxylation is 1. The van der Waals surface area contributed by atoms with Gasteiger partial charge in [0.2, 0.25) is 0 Å². The average Bonchev–Trinajstić information content (AvgIpc) is 2.27. The number of hydrogen-bond donors (Lipinski definition) is 3. The zero-order valence-corrected chi connectivity index (χ0v) is 11.2. The average molecular weight is 271 g/mol. The summed E-state index contributed by atoms with van der Waals surface area (Å²) in [6, 6.07) is 0.759. The van der Waals surface area contributed by atoms with E-state index in [1.807, 2.05) is 6.92 Å². The molecule has 0 aliphatic rings. The van der Waals surface area contributed by atoms with Gasteiger partial charge in [-0.3, -0.25) is 9.59 Å². The molecule has 0 saturated carbocycles. The fourth-order valence-electron chi connectivity index (χ4n) is 1.32. The number of aromatic nitrogens is 2. The van der Waals surface area contributed by atoms with Gasteiger partial charge in [0.15, 0.2) is 5.16 Å². The molecule has 7 heteroatoms. The van der Waals surface area contributed by atoms with Crippen LogP contribution in [0.15, 0.2) is 16.0 Å². The Kier molecular flexibility index (Phi) is 5.87. The van der Waals surface area contributed by atoms with Crippen molar-refractivity contribution < 1.29 is 9.90 Å². The molecule has 0 aliphatic heterocycles. The molecule has 100 valence electrons. The normalized spacial score (nSPS) is 12.3. The number of nitrogens with one attached hydrogen (secondary N) is 2. The quantitative estimate of drug-likeness (QED) is 0.497. The molecule has 0 radical (unpaired) electrons. The minimum atomic E-state index is -0.897. The molecule has 1 unspecified atom stereocenters. The summed E-state index contributed by atoms with van der Waals surface area (Å²) in [5, 5.41) is 12.4. The van der Waals surface area contributed by atoms with Crippen LogP contribution in [-0.2, 0) is 4.79 Å². The number of aliphatic carboxylic acids is 1. The topological polar surface area (TPSA) is 95.1 Å². The van der Waals surface area contributed by atoms with Crippen molar-refractivity contribution in [3.05, 3.63) is 22.1 Å². The van der Waals surface area contributed by atoms with Crippen LogP contribution in [0.4, 0.5) is 0 Å². The van der Waals surface area contributed by atoms with Crippen LogP contribution in [0.2, 0.25) is 0 Å². The second kappa shape index (κ2) is 7.17. The summed E-state index contributed by atoms with van der Waals surface area (Å²) in [5.74, 6) is -0.576. The first-order chi connectivity index (χ1) is 8.52. The van der Waals surface area contributed by atoms with Crippen molar-refractivity contribution >= 4 is 17.7 Å². The Labute approximate surface area is 109 Å². The van der Waals surface area contributed by atoms with Gasteiger partial charge in [-0.05, 0) is 19.9 Å². The second-order valence-corrected chi connectivity index (χ2v) is 4.86. The molecule has 3 N–H and O–H groups in total. The fraction of sp³-hybridized carbons (Fsp3) is 0.545. The lowest BCUT2D eigenvalue weighted by Crippen LogP contribution is -2.39. The predicted octanol–water partition coefficient (Wildman–Crippen LogP) is 0.623. The molecule has 1 aromatic rings. The Hall–Kier alpha value is -1.34. The number of carboxylic acid groups (broad SMARTS) is 1. The summed E-state index contributed by atoms with van der Waals surface area (Å²) in [4.78, 5) is 28.9. The standard InChI is InChI=1S/C11H17N3O3S/c1-3-4-12-8(10(16)17)6-18-11-13-7(2)5-9(15)14-11/h5,8,12H,3-4,6H2,1-2H3,(H,16,17)(H,13,14,15). The highest BCUT2D eigenvalue weighted by Gasteiger charge is 2.17. The largest absolute Gasteiger partial charge is 0.480 e. The van der Waals surface area contributed by atoms with E-state index in [0.29, 0.717) is 23.1 Å². The highest BCUT2D eigenvalue weighted by atomic mass is 32.2. The lowest BCUT2D eigenvalue weighted by Gasteiger charge is -2.12. The van der Waals surface area contributed by atoms with Crippen molar-refractivity contribution in [1.82, 2.24) is 15.3 Å². The van der Waals surface area contributed by atoms with Gasteiger partial charge in [-0.15, -0.1) is 0 Å². The third-order valence-corrected chi connectivity index (χ3v) is 3.14. The number of hydrogen-bond acceptors (Lipinski definition) is 5.